The van der Waals surface area contributed by atoms with Crippen molar-refractivity contribution in [2.45, 2.75) is 32.1 Å². The second-order valence-corrected chi connectivity index (χ2v) is 6.99. The van der Waals surface area contributed by atoms with Crippen molar-refractivity contribution in [3.05, 3.63) is 66.0 Å². The molecular formula is C22H27N3O2. The minimum atomic E-state index is 0.109. The van der Waals surface area contributed by atoms with Crippen LogP contribution in [-0.2, 0) is 22.4 Å². The molecule has 0 atom stereocenters. The number of rotatable bonds is 7. The predicted molar refractivity (Wildman–Crippen MR) is 105 cm³/mol. The first kappa shape index (κ1) is 19.1. The molecule has 0 bridgehead atoms. The summed E-state index contributed by atoms with van der Waals surface area (Å²) in [7, 11) is 0. The third-order valence-corrected chi connectivity index (χ3v) is 5.01. The van der Waals surface area contributed by atoms with E-state index in [1.165, 1.54) is 5.56 Å². The second kappa shape index (κ2) is 9.86. The van der Waals surface area contributed by atoms with Gasteiger partial charge in [0.2, 0.25) is 11.8 Å². The number of hydrogen-bond donors (Lipinski definition) is 0. The summed E-state index contributed by atoms with van der Waals surface area (Å²) in [6, 6.07) is 14.1. The Balaban J connectivity index is 1.34. The first-order valence-electron chi connectivity index (χ1n) is 9.71. The quantitative estimate of drug-likeness (QED) is 0.709. The number of nitrogens with zero attached hydrogens (tertiary/aromatic N) is 3. The molecule has 1 aromatic carbocycles. The van der Waals surface area contributed by atoms with E-state index in [0.717, 1.165) is 24.8 Å². The minimum absolute atomic E-state index is 0.109. The maximum Gasteiger partial charge on any atom is 0.227 e. The first-order valence-corrected chi connectivity index (χ1v) is 9.71. The van der Waals surface area contributed by atoms with Crippen LogP contribution in [0.25, 0.3) is 0 Å². The van der Waals surface area contributed by atoms with Crippen molar-refractivity contribution in [3.8, 4) is 0 Å². The monoisotopic (exact) mass is 365 g/mol. The highest BCUT2D eigenvalue weighted by Crippen LogP contribution is 2.11. The predicted octanol–water partition coefficient (Wildman–Crippen LogP) is 2.71. The number of aromatic nitrogens is 1. The zero-order valence-electron chi connectivity index (χ0n) is 15.7. The van der Waals surface area contributed by atoms with Crippen molar-refractivity contribution < 1.29 is 9.59 Å². The number of unbranched alkanes of at least 4 members (excludes halogenated alkanes) is 1. The van der Waals surface area contributed by atoms with Gasteiger partial charge in [-0.15, -0.1) is 0 Å². The Hall–Kier alpha value is -2.69. The highest BCUT2D eigenvalue weighted by atomic mass is 16.2. The van der Waals surface area contributed by atoms with Crippen LogP contribution in [0.5, 0.6) is 0 Å². The number of aryl methyl sites for hydroxylation is 1. The van der Waals surface area contributed by atoms with Gasteiger partial charge >= 0.3 is 0 Å². The van der Waals surface area contributed by atoms with E-state index >= 15 is 0 Å². The van der Waals surface area contributed by atoms with E-state index in [4.69, 9.17) is 0 Å². The van der Waals surface area contributed by atoms with Gasteiger partial charge in [-0.05, 0) is 36.5 Å². The lowest BCUT2D eigenvalue weighted by atomic mass is 10.1. The lowest BCUT2D eigenvalue weighted by molar-refractivity contribution is -0.139. The topological polar surface area (TPSA) is 53.5 Å². The molecule has 1 aromatic heterocycles. The summed E-state index contributed by atoms with van der Waals surface area (Å²) in [4.78, 5) is 32.6. The summed E-state index contributed by atoms with van der Waals surface area (Å²) in [6.07, 6.45) is 7.36. The zero-order valence-corrected chi connectivity index (χ0v) is 15.7. The fourth-order valence-electron chi connectivity index (χ4n) is 3.40. The number of amides is 2. The van der Waals surface area contributed by atoms with Crippen LogP contribution in [0, 0.1) is 0 Å². The Kier molecular flexibility index (Phi) is 6.97. The SMILES string of the molecule is O=C(CCCCc1ccccc1)N1CCN(C(=O)Cc2cccnc2)CC1. The van der Waals surface area contributed by atoms with Gasteiger partial charge in [0.15, 0.2) is 0 Å². The van der Waals surface area contributed by atoms with Crippen molar-refractivity contribution in [2.75, 3.05) is 26.2 Å². The van der Waals surface area contributed by atoms with Crippen LogP contribution in [0.15, 0.2) is 54.9 Å². The molecule has 0 aliphatic carbocycles. The molecule has 0 N–H and O–H groups in total. The molecule has 1 aliphatic heterocycles. The minimum Gasteiger partial charge on any atom is -0.339 e. The average Bonchev–Trinajstić information content (AvgIpc) is 2.72. The molecule has 1 saturated heterocycles. The normalized spacial score (nSPS) is 14.2. The lowest BCUT2D eigenvalue weighted by Crippen LogP contribution is -2.50. The maximum atomic E-state index is 12.4. The van der Waals surface area contributed by atoms with Crippen LogP contribution in [0.2, 0.25) is 0 Å². The molecule has 2 amide bonds. The zero-order chi connectivity index (χ0) is 18.9. The van der Waals surface area contributed by atoms with Crippen LogP contribution in [0.3, 0.4) is 0 Å². The van der Waals surface area contributed by atoms with E-state index < -0.39 is 0 Å². The van der Waals surface area contributed by atoms with Crippen LogP contribution < -0.4 is 0 Å². The molecule has 1 fully saturated rings. The molecule has 142 valence electrons. The van der Waals surface area contributed by atoms with Crippen molar-refractivity contribution in [1.29, 1.82) is 0 Å². The van der Waals surface area contributed by atoms with E-state index in [-0.39, 0.29) is 11.8 Å². The van der Waals surface area contributed by atoms with Gasteiger partial charge in [-0.2, -0.15) is 0 Å². The molecule has 0 radical (unpaired) electrons. The molecule has 5 heteroatoms. The Morgan fingerprint density at radius 2 is 1.48 bits per heavy atom. The van der Waals surface area contributed by atoms with Gasteiger partial charge in [-0.3, -0.25) is 14.6 Å². The first-order chi connectivity index (χ1) is 13.2. The van der Waals surface area contributed by atoms with E-state index in [2.05, 4.69) is 29.2 Å². The number of pyridine rings is 1. The van der Waals surface area contributed by atoms with E-state index in [1.807, 2.05) is 28.0 Å². The van der Waals surface area contributed by atoms with Gasteiger partial charge in [0.05, 0.1) is 6.42 Å². The van der Waals surface area contributed by atoms with Gasteiger partial charge in [0.1, 0.15) is 0 Å². The summed E-state index contributed by atoms with van der Waals surface area (Å²) in [6.45, 7) is 2.51. The van der Waals surface area contributed by atoms with Gasteiger partial charge in [-0.25, -0.2) is 0 Å². The summed E-state index contributed by atoms with van der Waals surface area (Å²) >= 11 is 0. The fourth-order valence-corrected chi connectivity index (χ4v) is 3.40. The third-order valence-electron chi connectivity index (χ3n) is 5.01. The second-order valence-electron chi connectivity index (χ2n) is 6.99. The smallest absolute Gasteiger partial charge is 0.227 e. The largest absolute Gasteiger partial charge is 0.339 e. The molecule has 27 heavy (non-hydrogen) atoms. The van der Waals surface area contributed by atoms with Crippen LogP contribution >= 0.6 is 0 Å². The molecular weight excluding hydrogens is 338 g/mol. The maximum absolute atomic E-state index is 12.4. The lowest BCUT2D eigenvalue weighted by Gasteiger charge is -2.35. The van der Waals surface area contributed by atoms with Gasteiger partial charge in [-0.1, -0.05) is 36.4 Å². The highest BCUT2D eigenvalue weighted by Gasteiger charge is 2.23. The molecule has 1 aliphatic rings. The summed E-state index contributed by atoms with van der Waals surface area (Å²) < 4.78 is 0. The molecule has 2 aromatic rings. The molecule has 3 rings (SSSR count). The van der Waals surface area contributed by atoms with Crippen molar-refractivity contribution in [3.63, 3.8) is 0 Å². The van der Waals surface area contributed by atoms with Crippen molar-refractivity contribution in [1.82, 2.24) is 14.8 Å². The van der Waals surface area contributed by atoms with Crippen LogP contribution in [0.1, 0.15) is 30.4 Å². The Morgan fingerprint density at radius 3 is 2.15 bits per heavy atom. The average molecular weight is 365 g/mol. The van der Waals surface area contributed by atoms with Crippen LogP contribution in [-0.4, -0.2) is 52.8 Å². The van der Waals surface area contributed by atoms with E-state index in [9.17, 15) is 9.59 Å². The molecule has 0 saturated carbocycles. The van der Waals surface area contributed by atoms with E-state index in [0.29, 0.717) is 39.0 Å². The molecule has 0 spiro atoms. The van der Waals surface area contributed by atoms with Crippen LogP contribution in [0.4, 0.5) is 0 Å². The van der Waals surface area contributed by atoms with Crippen molar-refractivity contribution >= 4 is 11.8 Å². The molecule has 5 nitrogen and oxygen atoms in total. The Morgan fingerprint density at radius 1 is 0.815 bits per heavy atom. The number of carbonyl (C=O) groups is 2. The van der Waals surface area contributed by atoms with Crippen molar-refractivity contribution in [2.24, 2.45) is 0 Å². The van der Waals surface area contributed by atoms with Gasteiger partial charge < -0.3 is 9.80 Å². The highest BCUT2D eigenvalue weighted by molar-refractivity contribution is 5.80. The standard InChI is InChI=1S/C22H27N3O2/c26-21(11-5-4-9-19-7-2-1-3-8-19)24-13-15-25(16-14-24)22(27)17-20-10-6-12-23-18-20/h1-3,6-8,10,12,18H,4-5,9,11,13-17H2. The summed E-state index contributed by atoms with van der Waals surface area (Å²) in [5.41, 5.74) is 2.25. The number of carbonyl (C=O) groups excluding carboxylic acids is 2. The fraction of sp³-hybridized carbons (Fsp3) is 0.409. The number of piperazine rings is 1. The number of benzene rings is 1. The Labute approximate surface area is 161 Å². The van der Waals surface area contributed by atoms with E-state index in [1.54, 1.807) is 12.4 Å². The summed E-state index contributed by atoms with van der Waals surface area (Å²) in [5, 5.41) is 0. The Bertz CT molecular complexity index is 726. The molecule has 0 unspecified atom stereocenters. The van der Waals surface area contributed by atoms with Gasteiger partial charge in [0.25, 0.3) is 0 Å². The summed E-state index contributed by atoms with van der Waals surface area (Å²) in [5.74, 6) is 0.320. The van der Waals surface area contributed by atoms with Gasteiger partial charge in [0, 0.05) is 45.0 Å². The molecule has 2 heterocycles. The third kappa shape index (κ3) is 5.91. The number of hydrogen-bond acceptors (Lipinski definition) is 3.